The monoisotopic (exact) mass is 1430 g/mol. The largest absolute Gasteiger partial charge is 0.480 e. The number of amides is 11. The van der Waals surface area contributed by atoms with E-state index in [1.54, 1.807) is 102 Å². The van der Waals surface area contributed by atoms with Gasteiger partial charge in [-0.1, -0.05) is 103 Å². The van der Waals surface area contributed by atoms with Crippen molar-refractivity contribution in [2.24, 2.45) is 45.7 Å². The van der Waals surface area contributed by atoms with E-state index in [0.29, 0.717) is 79.3 Å². The van der Waals surface area contributed by atoms with E-state index >= 15 is 0 Å². The highest BCUT2D eigenvalue weighted by atomic mass is 16.4. The number of nitrogens with zero attached hydrogens (tertiary/aromatic N) is 3. The number of aliphatic hydroxyl groups excluding tert-OH is 2. The number of fused-ring (bicyclic) bond motifs is 1. The van der Waals surface area contributed by atoms with E-state index in [9.17, 15) is 72.9 Å². The number of aliphatic carboxylic acids is 1. The molecule has 0 radical (unpaired) electrons. The van der Waals surface area contributed by atoms with E-state index in [0.717, 1.165) is 0 Å². The standard InChI is InChI=1S/C68H103N19O15/c1-7-38(5)55(64(98)84-51(35-89)67(101)102)86-65(99)56(39(6)8-2)85-62(96)50(34-88)83-61(95)49(30-42-32-73-36-77-42)82-59(93)47(28-40-18-10-9-11-19-40)81-58(92)46(23-16-26-74-68(71)72)79-60(94)48(29-41-31-75-44-21-13-12-20-43(41)44)78-53(90)33-76-57(91)45(22-14-15-25-69)80-63(97)52-24-17-27-87(52)66(100)54(70)37(3)4/h9-13,18-21,31-32,36-39,45-52,54-56,75,88-89H,7-8,14-17,22-30,33-35,69-70H2,1-6H3,(H,73,77)(H,76,91)(H,78,90)(H,79,94)(H,80,97)(H,81,92)(H,82,93)(H,83,95)(H,84,98)(H,85,96)(H,86,99)(H,101,102)(H4,71,72,74)/t38-,39-,45-,46-,47-,48-,49-,50-,51-,52-,54-,55-,56-/m0/s1. The van der Waals surface area contributed by atoms with Gasteiger partial charge in [-0.2, -0.15) is 0 Å². The Kier molecular flexibility index (Phi) is 33.7. The van der Waals surface area contributed by atoms with Crippen molar-refractivity contribution in [1.29, 1.82) is 0 Å². The van der Waals surface area contributed by atoms with Gasteiger partial charge in [0.15, 0.2) is 5.96 Å². The lowest BCUT2D eigenvalue weighted by molar-refractivity contribution is -0.144. The minimum atomic E-state index is -1.77. The molecule has 2 aromatic heterocycles. The summed E-state index contributed by atoms with van der Waals surface area (Å²) in [5.74, 6) is -12.3. The molecule has 1 aliphatic rings. The zero-order valence-corrected chi connectivity index (χ0v) is 58.6. The SMILES string of the molecule is CC[C@H](C)[C@H](NC(=O)[C@H](CO)NC(=O)[C@H](Cc1cnc[nH]1)NC(=O)[C@H](Cc1ccccc1)NC(=O)[C@H](CCCN=C(N)N)NC(=O)[C@H](Cc1c[nH]c2ccccc12)NC(=O)CNC(=O)[C@H](CCCCN)NC(=O)[C@@H]1CCCN1C(=O)[C@@H](N)C(C)C)C(=O)N[C@H](C(=O)N[C@@H](CO)C(=O)O)[C@@H](C)CC. The predicted octanol–water partition coefficient (Wildman–Crippen LogP) is -3.28. The maximum absolute atomic E-state index is 15.0. The first-order valence-electron chi connectivity index (χ1n) is 34.5. The average molecular weight is 1430 g/mol. The van der Waals surface area contributed by atoms with Gasteiger partial charge in [0, 0.05) is 61.3 Å². The average Bonchev–Trinajstić information content (AvgIpc) is 1.62. The van der Waals surface area contributed by atoms with Crippen molar-refractivity contribution in [3.8, 4) is 0 Å². The lowest BCUT2D eigenvalue weighted by atomic mass is 9.94. The minimum Gasteiger partial charge on any atom is -0.480 e. The van der Waals surface area contributed by atoms with Gasteiger partial charge < -0.3 is 106 Å². The zero-order chi connectivity index (χ0) is 75.2. The van der Waals surface area contributed by atoms with Crippen LogP contribution in [0.1, 0.15) is 116 Å². The molecule has 2 aromatic carbocycles. The molecule has 0 bridgehead atoms. The second-order valence-electron chi connectivity index (χ2n) is 25.9. The maximum Gasteiger partial charge on any atom is 0.328 e. The van der Waals surface area contributed by atoms with Crippen LogP contribution < -0.4 is 76.1 Å². The third kappa shape index (κ3) is 25.2. The summed E-state index contributed by atoms with van der Waals surface area (Å²) in [6.45, 7) is 8.21. The molecule has 560 valence electrons. The number of guanidine groups is 1. The first-order valence-corrected chi connectivity index (χ1v) is 34.5. The first kappa shape index (κ1) is 82.6. The molecule has 11 amide bonds. The number of carbonyl (C=O) groups is 12. The molecule has 13 atom stereocenters. The molecule has 34 heteroatoms. The Morgan fingerprint density at radius 2 is 1.16 bits per heavy atom. The van der Waals surface area contributed by atoms with E-state index in [1.807, 2.05) is 0 Å². The van der Waals surface area contributed by atoms with Gasteiger partial charge in [-0.3, -0.25) is 57.7 Å². The minimum absolute atomic E-state index is 0.0229. The summed E-state index contributed by atoms with van der Waals surface area (Å²) in [4.78, 5) is 183. The Balaban J connectivity index is 1.41. The molecule has 0 spiro atoms. The molecular weight excluding hydrogens is 1320 g/mol. The Bertz CT molecular complexity index is 3480. The van der Waals surface area contributed by atoms with E-state index in [4.69, 9.17) is 22.9 Å². The fourth-order valence-electron chi connectivity index (χ4n) is 11.4. The number of carbonyl (C=O) groups excluding carboxylic acids is 11. The fourth-order valence-corrected chi connectivity index (χ4v) is 11.4. The van der Waals surface area contributed by atoms with Gasteiger partial charge in [-0.05, 0) is 86.4 Å². The summed E-state index contributed by atoms with van der Waals surface area (Å²) in [5, 5.41) is 56.4. The lowest BCUT2D eigenvalue weighted by Gasteiger charge is -2.30. The fraction of sp³-hybridized carbons (Fsp3) is 0.559. The van der Waals surface area contributed by atoms with Gasteiger partial charge in [0.25, 0.3) is 0 Å². The molecule has 23 N–H and O–H groups in total. The summed E-state index contributed by atoms with van der Waals surface area (Å²) < 4.78 is 0. The number of carboxylic acids is 1. The molecule has 5 rings (SSSR count). The van der Waals surface area contributed by atoms with Crippen LogP contribution in [-0.2, 0) is 76.8 Å². The number of aromatic nitrogens is 3. The van der Waals surface area contributed by atoms with Gasteiger partial charge in [-0.15, -0.1) is 0 Å². The van der Waals surface area contributed by atoms with Crippen LogP contribution in [0, 0.1) is 17.8 Å². The van der Waals surface area contributed by atoms with Crippen molar-refractivity contribution < 1.29 is 72.9 Å². The summed E-state index contributed by atoms with van der Waals surface area (Å²) >= 11 is 0. The van der Waals surface area contributed by atoms with Crippen LogP contribution in [0.4, 0.5) is 0 Å². The Morgan fingerprint density at radius 3 is 1.75 bits per heavy atom. The van der Waals surface area contributed by atoms with Crippen molar-refractivity contribution >= 4 is 87.8 Å². The lowest BCUT2D eigenvalue weighted by Crippen LogP contribution is -2.62. The number of nitrogens with two attached hydrogens (primary N) is 4. The number of H-pyrrole nitrogens is 2. The highest BCUT2D eigenvalue weighted by molar-refractivity contribution is 6.00. The number of unbranched alkanes of at least 4 members (excludes halogenated alkanes) is 1. The molecule has 34 nitrogen and oxygen atoms in total. The molecule has 0 unspecified atom stereocenters. The number of rotatable bonds is 43. The number of likely N-dealkylation sites (tertiary alicyclic amines) is 1. The Hall–Kier alpha value is -10.1. The number of imidazole rings is 1. The zero-order valence-electron chi connectivity index (χ0n) is 58.6. The highest BCUT2D eigenvalue weighted by Crippen LogP contribution is 2.22. The summed E-state index contributed by atoms with van der Waals surface area (Å²) in [6, 6.07) is 0.500. The maximum atomic E-state index is 15.0. The van der Waals surface area contributed by atoms with E-state index < -0.39 is 163 Å². The van der Waals surface area contributed by atoms with Crippen LogP contribution in [0.3, 0.4) is 0 Å². The van der Waals surface area contributed by atoms with Crippen LogP contribution in [0.2, 0.25) is 0 Å². The Labute approximate surface area is 591 Å². The number of aromatic amines is 2. The van der Waals surface area contributed by atoms with Gasteiger partial charge in [0.2, 0.25) is 65.0 Å². The summed E-state index contributed by atoms with van der Waals surface area (Å²) in [6.07, 6.45) is 6.13. The Morgan fingerprint density at radius 1 is 0.618 bits per heavy atom. The van der Waals surface area contributed by atoms with E-state index in [2.05, 4.69) is 73.1 Å². The van der Waals surface area contributed by atoms with E-state index in [-0.39, 0.29) is 62.9 Å². The third-order valence-electron chi connectivity index (χ3n) is 17.9. The number of para-hydroxylation sites is 1. The molecular formula is C68H103N19O15. The molecule has 0 saturated carbocycles. The summed E-state index contributed by atoms with van der Waals surface area (Å²) in [7, 11) is 0. The van der Waals surface area contributed by atoms with Crippen molar-refractivity contribution in [1.82, 2.24) is 73.0 Å². The van der Waals surface area contributed by atoms with Crippen LogP contribution in [0.5, 0.6) is 0 Å². The van der Waals surface area contributed by atoms with Gasteiger partial charge in [-0.25, -0.2) is 9.78 Å². The molecule has 102 heavy (non-hydrogen) atoms. The van der Waals surface area contributed by atoms with Crippen molar-refractivity contribution in [3.05, 3.63) is 90.1 Å². The normalized spacial score (nSPS) is 16.3. The van der Waals surface area contributed by atoms with Gasteiger partial charge in [0.1, 0.15) is 60.4 Å². The van der Waals surface area contributed by atoms with Gasteiger partial charge >= 0.3 is 5.97 Å². The molecule has 1 fully saturated rings. The number of benzene rings is 2. The third-order valence-corrected chi connectivity index (χ3v) is 17.9. The topological polar surface area (TPSA) is 550 Å². The second-order valence-corrected chi connectivity index (χ2v) is 25.9. The number of hydrogen-bond donors (Lipinski definition) is 19. The summed E-state index contributed by atoms with van der Waals surface area (Å²) in [5.41, 5.74) is 25.4. The van der Waals surface area contributed by atoms with Crippen molar-refractivity contribution in [2.75, 3.05) is 39.4 Å². The highest BCUT2D eigenvalue weighted by Gasteiger charge is 2.40. The molecule has 0 aliphatic carbocycles. The van der Waals surface area contributed by atoms with E-state index in [1.165, 1.54) is 17.4 Å². The van der Waals surface area contributed by atoms with Crippen molar-refractivity contribution in [3.63, 3.8) is 0 Å². The molecule has 4 aromatic rings. The van der Waals surface area contributed by atoms with Gasteiger partial charge in [0.05, 0.1) is 32.1 Å². The number of aliphatic imine (C=N–C) groups is 1. The number of aliphatic hydroxyl groups is 2. The number of nitrogens with one attached hydrogen (secondary N) is 12. The smallest absolute Gasteiger partial charge is 0.328 e. The van der Waals surface area contributed by atoms with Crippen LogP contribution in [-0.4, -0.2) is 218 Å². The second kappa shape index (κ2) is 41.6. The molecule has 3 heterocycles. The molecule has 1 saturated heterocycles. The number of carboxylic acid groups (broad SMARTS) is 1. The van der Waals surface area contributed by atoms with Crippen LogP contribution >= 0.6 is 0 Å². The molecule has 1 aliphatic heterocycles. The first-order chi connectivity index (χ1) is 48.6. The predicted molar refractivity (Wildman–Crippen MR) is 376 cm³/mol. The number of hydrogen-bond acceptors (Lipinski definition) is 18. The quantitative estimate of drug-likeness (QED) is 0.0117. The van der Waals surface area contributed by atoms with Crippen molar-refractivity contribution in [2.45, 2.75) is 185 Å². The van der Waals surface area contributed by atoms with Crippen LogP contribution in [0.15, 0.2) is 78.3 Å². The van der Waals surface area contributed by atoms with Crippen LogP contribution in [0.25, 0.3) is 10.9 Å².